The maximum Gasteiger partial charge on any atom is 0.407 e. The molecule has 1 rings (SSSR count). The molecule has 1 heterocycles. The number of nitrogens with one attached hydrogen (secondary N) is 1. The molecule has 0 radical (unpaired) electrons. The van der Waals surface area contributed by atoms with Gasteiger partial charge in [0.1, 0.15) is 5.60 Å². The second-order valence-corrected chi connectivity index (χ2v) is 6.25. The second kappa shape index (κ2) is 6.75. The van der Waals surface area contributed by atoms with E-state index in [0.29, 0.717) is 6.54 Å². The molecule has 4 nitrogen and oxygen atoms in total. The van der Waals surface area contributed by atoms with Gasteiger partial charge in [-0.25, -0.2) is 4.79 Å². The maximum absolute atomic E-state index is 11.5. The topological polar surface area (TPSA) is 58.6 Å². The monoisotopic (exact) mass is 271 g/mol. The molecule has 2 N–H and O–H groups in total. The van der Waals surface area contributed by atoms with E-state index in [9.17, 15) is 9.90 Å². The van der Waals surface area contributed by atoms with Crippen molar-refractivity contribution in [1.29, 1.82) is 0 Å². The standard InChI is InChI=1S/C13H21NO3S/c1-13(2,3)17-12(16)14-8-10(9-15)7-11-5-4-6-18-11/h4-6,10,15H,7-9H2,1-3H3,(H,14,16). The molecule has 1 aromatic heterocycles. The summed E-state index contributed by atoms with van der Waals surface area (Å²) in [6.45, 7) is 5.93. The van der Waals surface area contributed by atoms with Gasteiger partial charge in [-0.2, -0.15) is 0 Å². The molecule has 0 aliphatic heterocycles. The Morgan fingerprint density at radius 2 is 2.28 bits per heavy atom. The number of carbonyl (C=O) groups is 1. The molecule has 1 amide bonds. The van der Waals surface area contributed by atoms with Crippen molar-refractivity contribution in [3.8, 4) is 0 Å². The van der Waals surface area contributed by atoms with Gasteiger partial charge in [0.05, 0.1) is 0 Å². The third-order valence-corrected chi connectivity index (χ3v) is 3.16. The van der Waals surface area contributed by atoms with Gasteiger partial charge in [-0.05, 0) is 38.6 Å². The number of hydrogen-bond donors (Lipinski definition) is 2. The van der Waals surface area contributed by atoms with Crippen LogP contribution in [0.25, 0.3) is 0 Å². The number of alkyl carbamates (subject to hydrolysis) is 1. The van der Waals surface area contributed by atoms with E-state index in [4.69, 9.17) is 4.74 Å². The number of hydrogen-bond acceptors (Lipinski definition) is 4. The summed E-state index contributed by atoms with van der Waals surface area (Å²) in [5.41, 5.74) is -0.494. The summed E-state index contributed by atoms with van der Waals surface area (Å²) >= 11 is 1.66. The van der Waals surface area contributed by atoms with E-state index in [-0.39, 0.29) is 12.5 Å². The SMILES string of the molecule is CC(C)(C)OC(=O)NCC(CO)Cc1cccs1. The fraction of sp³-hybridized carbons (Fsp3) is 0.615. The van der Waals surface area contributed by atoms with Gasteiger partial charge >= 0.3 is 6.09 Å². The Morgan fingerprint density at radius 3 is 2.78 bits per heavy atom. The summed E-state index contributed by atoms with van der Waals surface area (Å²) in [5.74, 6) is 0.0242. The minimum atomic E-state index is -0.494. The van der Waals surface area contributed by atoms with Crippen molar-refractivity contribution in [2.75, 3.05) is 13.2 Å². The van der Waals surface area contributed by atoms with E-state index < -0.39 is 11.7 Å². The zero-order valence-corrected chi connectivity index (χ0v) is 11.9. The van der Waals surface area contributed by atoms with Crippen molar-refractivity contribution in [3.63, 3.8) is 0 Å². The fourth-order valence-corrected chi connectivity index (χ4v) is 2.28. The molecule has 5 heteroatoms. The first-order chi connectivity index (χ1) is 8.40. The number of rotatable bonds is 5. The van der Waals surface area contributed by atoms with Gasteiger partial charge in [-0.1, -0.05) is 6.07 Å². The molecule has 0 aliphatic rings. The van der Waals surface area contributed by atoms with Crippen LogP contribution in [0.4, 0.5) is 4.79 Å². The predicted molar refractivity (Wildman–Crippen MR) is 72.8 cm³/mol. The normalized spacial score (nSPS) is 13.1. The molecule has 18 heavy (non-hydrogen) atoms. The zero-order valence-electron chi connectivity index (χ0n) is 11.1. The van der Waals surface area contributed by atoms with E-state index in [0.717, 1.165) is 6.42 Å². The van der Waals surface area contributed by atoms with Crippen molar-refractivity contribution in [1.82, 2.24) is 5.32 Å². The molecule has 1 unspecified atom stereocenters. The van der Waals surface area contributed by atoms with E-state index in [2.05, 4.69) is 5.32 Å². The van der Waals surface area contributed by atoms with Crippen LogP contribution in [0.15, 0.2) is 17.5 Å². The van der Waals surface area contributed by atoms with Crippen LogP contribution in [0.2, 0.25) is 0 Å². The minimum absolute atomic E-state index is 0.0242. The lowest BCUT2D eigenvalue weighted by Gasteiger charge is -2.21. The molecule has 0 saturated heterocycles. The van der Waals surface area contributed by atoms with E-state index in [1.165, 1.54) is 4.88 Å². The third-order valence-electron chi connectivity index (χ3n) is 2.26. The first kappa shape index (κ1) is 15.0. The van der Waals surface area contributed by atoms with Crippen LogP contribution in [0.5, 0.6) is 0 Å². The fourth-order valence-electron chi connectivity index (χ4n) is 1.46. The van der Waals surface area contributed by atoms with Crippen molar-refractivity contribution in [3.05, 3.63) is 22.4 Å². The first-order valence-corrected chi connectivity index (χ1v) is 6.89. The highest BCUT2D eigenvalue weighted by Gasteiger charge is 2.17. The highest BCUT2D eigenvalue weighted by atomic mass is 32.1. The average Bonchev–Trinajstić information content (AvgIpc) is 2.74. The summed E-state index contributed by atoms with van der Waals surface area (Å²) in [5, 5.41) is 14.0. The first-order valence-electron chi connectivity index (χ1n) is 6.01. The van der Waals surface area contributed by atoms with Gasteiger partial charge in [0.25, 0.3) is 0 Å². The van der Waals surface area contributed by atoms with Gasteiger partial charge in [-0.15, -0.1) is 11.3 Å². The highest BCUT2D eigenvalue weighted by molar-refractivity contribution is 7.09. The molecule has 1 aromatic rings. The quantitative estimate of drug-likeness (QED) is 0.864. The number of aliphatic hydroxyl groups excluding tert-OH is 1. The van der Waals surface area contributed by atoms with Crippen molar-refractivity contribution in [2.24, 2.45) is 5.92 Å². The van der Waals surface area contributed by atoms with E-state index >= 15 is 0 Å². The van der Waals surface area contributed by atoms with Crippen LogP contribution in [0, 0.1) is 5.92 Å². The lowest BCUT2D eigenvalue weighted by molar-refractivity contribution is 0.0513. The lowest BCUT2D eigenvalue weighted by atomic mass is 10.1. The summed E-state index contributed by atoms with van der Waals surface area (Å²) in [6.07, 6.45) is 0.330. The van der Waals surface area contributed by atoms with Gasteiger partial charge in [0.2, 0.25) is 0 Å². The molecule has 0 fully saturated rings. The largest absolute Gasteiger partial charge is 0.444 e. The average molecular weight is 271 g/mol. The van der Waals surface area contributed by atoms with Gasteiger partial charge in [0.15, 0.2) is 0 Å². The Morgan fingerprint density at radius 1 is 1.56 bits per heavy atom. The van der Waals surface area contributed by atoms with Crippen LogP contribution < -0.4 is 5.32 Å². The van der Waals surface area contributed by atoms with E-state index in [1.54, 1.807) is 11.3 Å². The predicted octanol–water partition coefficient (Wildman–Crippen LogP) is 2.42. The number of ether oxygens (including phenoxy) is 1. The minimum Gasteiger partial charge on any atom is -0.444 e. The van der Waals surface area contributed by atoms with Crippen molar-refractivity contribution in [2.45, 2.75) is 32.8 Å². The second-order valence-electron chi connectivity index (χ2n) is 5.21. The Kier molecular flexibility index (Phi) is 5.62. The third kappa shape index (κ3) is 6.02. The number of thiophene rings is 1. The lowest BCUT2D eigenvalue weighted by Crippen LogP contribution is -2.36. The molecule has 1 atom stereocenters. The smallest absolute Gasteiger partial charge is 0.407 e. The van der Waals surface area contributed by atoms with Gasteiger partial charge < -0.3 is 15.2 Å². The number of amides is 1. The summed E-state index contributed by atoms with van der Waals surface area (Å²) in [7, 11) is 0. The van der Waals surface area contributed by atoms with Crippen LogP contribution in [-0.4, -0.2) is 30.0 Å². The van der Waals surface area contributed by atoms with Gasteiger partial charge in [0, 0.05) is 23.9 Å². The van der Waals surface area contributed by atoms with E-state index in [1.807, 2.05) is 38.3 Å². The molecule has 0 saturated carbocycles. The Hall–Kier alpha value is -1.07. The molecule has 102 valence electrons. The van der Waals surface area contributed by atoms with Crippen molar-refractivity contribution >= 4 is 17.4 Å². The molecular weight excluding hydrogens is 250 g/mol. The van der Waals surface area contributed by atoms with Gasteiger partial charge in [-0.3, -0.25) is 0 Å². The van der Waals surface area contributed by atoms with Crippen LogP contribution in [0.1, 0.15) is 25.6 Å². The van der Waals surface area contributed by atoms with Crippen LogP contribution >= 0.6 is 11.3 Å². The summed E-state index contributed by atoms with van der Waals surface area (Å²) in [4.78, 5) is 12.7. The van der Waals surface area contributed by atoms with Crippen LogP contribution in [0.3, 0.4) is 0 Å². The molecule has 0 aliphatic carbocycles. The van der Waals surface area contributed by atoms with Crippen LogP contribution in [-0.2, 0) is 11.2 Å². The number of aliphatic hydroxyl groups is 1. The molecule has 0 spiro atoms. The molecule has 0 aromatic carbocycles. The molecular formula is C13H21NO3S. The maximum atomic E-state index is 11.5. The zero-order chi connectivity index (χ0) is 13.6. The molecule has 0 bridgehead atoms. The summed E-state index contributed by atoms with van der Waals surface area (Å²) < 4.78 is 5.14. The summed E-state index contributed by atoms with van der Waals surface area (Å²) in [6, 6.07) is 4.01. The highest BCUT2D eigenvalue weighted by Crippen LogP contribution is 2.14. The Balaban J connectivity index is 2.33. The Bertz CT molecular complexity index is 357. The number of carbonyl (C=O) groups excluding carboxylic acids is 1. The Labute approximate surface area is 112 Å². The van der Waals surface area contributed by atoms with Crippen molar-refractivity contribution < 1.29 is 14.6 Å².